The first-order chi connectivity index (χ1) is 8.63. The number of alkyl halides is 1. The number of amides is 1. The zero-order valence-corrected chi connectivity index (χ0v) is 11.0. The molecule has 2 nitrogen and oxygen atoms in total. The second-order valence-electron chi connectivity index (χ2n) is 4.98. The van der Waals surface area contributed by atoms with Gasteiger partial charge in [0.2, 0.25) is 5.91 Å². The molecule has 2 rings (SSSR count). The fourth-order valence-corrected chi connectivity index (χ4v) is 2.85. The number of carbonyl (C=O) groups excluding carboxylic acids is 1. The molecular weight excluding hydrogens is 253 g/mol. The molecule has 1 N–H and O–H groups in total. The van der Waals surface area contributed by atoms with Gasteiger partial charge in [0.1, 0.15) is 5.82 Å². The van der Waals surface area contributed by atoms with E-state index < -0.39 is 0 Å². The van der Waals surface area contributed by atoms with Crippen molar-refractivity contribution in [2.75, 3.05) is 5.88 Å². The average Bonchev–Trinajstić information content (AvgIpc) is 2.78. The Morgan fingerprint density at radius 1 is 1.39 bits per heavy atom. The van der Waals surface area contributed by atoms with E-state index in [2.05, 4.69) is 5.32 Å². The van der Waals surface area contributed by atoms with Crippen LogP contribution in [0, 0.1) is 5.82 Å². The Labute approximate surface area is 112 Å². The van der Waals surface area contributed by atoms with Crippen molar-refractivity contribution in [1.82, 2.24) is 5.32 Å². The molecule has 4 heteroatoms. The Balaban J connectivity index is 1.96. The van der Waals surface area contributed by atoms with Crippen LogP contribution < -0.4 is 5.32 Å². The summed E-state index contributed by atoms with van der Waals surface area (Å²) in [6.45, 7) is 0. The Bertz CT molecular complexity index is 430. The molecule has 0 bridgehead atoms. The summed E-state index contributed by atoms with van der Waals surface area (Å²) in [5.41, 5.74) is 0.446. The van der Waals surface area contributed by atoms with Crippen LogP contribution in [0.2, 0.25) is 0 Å². The van der Waals surface area contributed by atoms with E-state index in [1.807, 2.05) is 0 Å². The van der Waals surface area contributed by atoms with Crippen LogP contribution in [0.5, 0.6) is 0 Å². The largest absolute Gasteiger partial charge is 0.349 e. The van der Waals surface area contributed by atoms with E-state index in [9.17, 15) is 9.18 Å². The lowest BCUT2D eigenvalue weighted by Gasteiger charge is -2.27. The molecule has 0 radical (unpaired) electrons. The number of carbonyl (C=O) groups is 1. The number of hydrogen-bond donors (Lipinski definition) is 1. The van der Waals surface area contributed by atoms with Gasteiger partial charge >= 0.3 is 0 Å². The molecule has 1 aromatic carbocycles. The molecule has 0 unspecified atom stereocenters. The van der Waals surface area contributed by atoms with Crippen molar-refractivity contribution in [2.24, 2.45) is 0 Å². The van der Waals surface area contributed by atoms with Gasteiger partial charge in [0.15, 0.2) is 0 Å². The standard InChI is InChI=1S/C14H17ClFNO/c15-10-14(6-1-2-7-14)17-13(18)9-11-4-3-5-12(16)8-11/h3-5,8H,1-2,6-7,9-10H2,(H,17,18). The molecule has 0 aliphatic heterocycles. The molecule has 1 fully saturated rings. The minimum atomic E-state index is -0.312. The van der Waals surface area contributed by atoms with Gasteiger partial charge in [-0.15, -0.1) is 11.6 Å². The number of hydrogen-bond acceptors (Lipinski definition) is 1. The lowest BCUT2D eigenvalue weighted by Crippen LogP contribution is -2.48. The summed E-state index contributed by atoms with van der Waals surface area (Å²) < 4.78 is 13.0. The monoisotopic (exact) mass is 269 g/mol. The lowest BCUT2D eigenvalue weighted by molar-refractivity contribution is -0.122. The zero-order valence-electron chi connectivity index (χ0n) is 10.2. The van der Waals surface area contributed by atoms with Crippen molar-refractivity contribution in [3.8, 4) is 0 Å². The fraction of sp³-hybridized carbons (Fsp3) is 0.500. The minimum absolute atomic E-state index is 0.0804. The van der Waals surface area contributed by atoms with E-state index >= 15 is 0 Å². The number of nitrogens with one attached hydrogen (secondary N) is 1. The van der Waals surface area contributed by atoms with Crippen LogP contribution in [-0.2, 0) is 11.2 Å². The third-order valence-electron chi connectivity index (χ3n) is 3.47. The van der Waals surface area contributed by atoms with Crippen LogP contribution >= 0.6 is 11.6 Å². The number of halogens is 2. The highest BCUT2D eigenvalue weighted by Crippen LogP contribution is 2.30. The quantitative estimate of drug-likeness (QED) is 0.837. The molecule has 98 valence electrons. The summed E-state index contributed by atoms with van der Waals surface area (Å²) in [4.78, 5) is 12.0. The van der Waals surface area contributed by atoms with Gasteiger partial charge in [0.05, 0.1) is 12.0 Å². The predicted molar refractivity (Wildman–Crippen MR) is 70.2 cm³/mol. The van der Waals surface area contributed by atoms with Crippen LogP contribution in [0.15, 0.2) is 24.3 Å². The zero-order chi connectivity index (χ0) is 13.0. The Morgan fingerprint density at radius 2 is 2.11 bits per heavy atom. The van der Waals surface area contributed by atoms with Crippen LogP contribution in [0.25, 0.3) is 0 Å². The van der Waals surface area contributed by atoms with Crippen LogP contribution in [0.3, 0.4) is 0 Å². The minimum Gasteiger partial charge on any atom is -0.349 e. The molecule has 0 aromatic heterocycles. The third-order valence-corrected chi connectivity index (χ3v) is 3.99. The second kappa shape index (κ2) is 5.70. The summed E-state index contributed by atoms with van der Waals surface area (Å²) in [7, 11) is 0. The smallest absolute Gasteiger partial charge is 0.224 e. The SMILES string of the molecule is O=C(Cc1cccc(F)c1)NC1(CCl)CCCC1. The molecule has 1 aliphatic carbocycles. The van der Waals surface area contributed by atoms with Gasteiger partial charge in [-0.1, -0.05) is 25.0 Å². The molecule has 1 amide bonds. The van der Waals surface area contributed by atoms with E-state index in [4.69, 9.17) is 11.6 Å². The van der Waals surface area contributed by atoms with Crippen LogP contribution in [-0.4, -0.2) is 17.3 Å². The summed E-state index contributed by atoms with van der Waals surface area (Å²) in [6, 6.07) is 6.13. The normalized spacial score (nSPS) is 17.7. The molecule has 0 atom stereocenters. The van der Waals surface area contributed by atoms with E-state index in [-0.39, 0.29) is 23.7 Å². The van der Waals surface area contributed by atoms with Crippen molar-refractivity contribution < 1.29 is 9.18 Å². The summed E-state index contributed by atoms with van der Waals surface area (Å²) >= 11 is 5.96. The van der Waals surface area contributed by atoms with Gasteiger partial charge in [-0.05, 0) is 30.5 Å². The van der Waals surface area contributed by atoms with Crippen molar-refractivity contribution in [1.29, 1.82) is 0 Å². The fourth-order valence-electron chi connectivity index (χ4n) is 2.52. The summed E-state index contributed by atoms with van der Waals surface area (Å²) in [5, 5.41) is 3.02. The van der Waals surface area contributed by atoms with E-state index in [1.54, 1.807) is 12.1 Å². The lowest BCUT2D eigenvalue weighted by atomic mass is 9.99. The van der Waals surface area contributed by atoms with E-state index in [0.29, 0.717) is 11.4 Å². The summed E-state index contributed by atoms with van der Waals surface area (Å²) in [6.07, 6.45) is 4.28. The highest BCUT2D eigenvalue weighted by molar-refractivity contribution is 6.18. The average molecular weight is 270 g/mol. The highest BCUT2D eigenvalue weighted by Gasteiger charge is 2.34. The Hall–Kier alpha value is -1.09. The third kappa shape index (κ3) is 3.22. The van der Waals surface area contributed by atoms with Gasteiger partial charge in [0.25, 0.3) is 0 Å². The molecule has 0 heterocycles. The first kappa shape index (κ1) is 13.3. The predicted octanol–water partition coefficient (Wildman–Crippen LogP) is 3.04. The van der Waals surface area contributed by atoms with Gasteiger partial charge < -0.3 is 5.32 Å². The number of rotatable bonds is 4. The van der Waals surface area contributed by atoms with Crippen molar-refractivity contribution >= 4 is 17.5 Å². The first-order valence-corrected chi connectivity index (χ1v) is 6.78. The van der Waals surface area contributed by atoms with Gasteiger partial charge in [-0.2, -0.15) is 0 Å². The molecule has 18 heavy (non-hydrogen) atoms. The molecule has 0 spiro atoms. The van der Waals surface area contributed by atoms with E-state index in [0.717, 1.165) is 25.7 Å². The topological polar surface area (TPSA) is 29.1 Å². The summed E-state index contributed by atoms with van der Waals surface area (Å²) in [5.74, 6) is 0.0541. The number of benzene rings is 1. The maximum Gasteiger partial charge on any atom is 0.224 e. The van der Waals surface area contributed by atoms with Crippen LogP contribution in [0.1, 0.15) is 31.2 Å². The maximum absolute atomic E-state index is 13.0. The molecule has 0 saturated heterocycles. The molecule has 1 aliphatic rings. The van der Waals surface area contributed by atoms with Gasteiger partial charge in [-0.25, -0.2) is 4.39 Å². The highest BCUT2D eigenvalue weighted by atomic mass is 35.5. The molecular formula is C14H17ClFNO. The Morgan fingerprint density at radius 3 is 2.72 bits per heavy atom. The maximum atomic E-state index is 13.0. The van der Waals surface area contributed by atoms with Gasteiger partial charge in [0, 0.05) is 5.88 Å². The van der Waals surface area contributed by atoms with Crippen molar-refractivity contribution in [3.05, 3.63) is 35.6 Å². The van der Waals surface area contributed by atoms with Gasteiger partial charge in [-0.3, -0.25) is 4.79 Å². The second-order valence-corrected chi connectivity index (χ2v) is 5.24. The molecule has 1 aromatic rings. The van der Waals surface area contributed by atoms with Crippen molar-refractivity contribution in [3.63, 3.8) is 0 Å². The first-order valence-electron chi connectivity index (χ1n) is 6.25. The molecule has 1 saturated carbocycles. The van der Waals surface area contributed by atoms with Crippen LogP contribution in [0.4, 0.5) is 4.39 Å². The van der Waals surface area contributed by atoms with Crippen molar-refractivity contribution in [2.45, 2.75) is 37.6 Å². The van der Waals surface area contributed by atoms with E-state index in [1.165, 1.54) is 12.1 Å². The Kier molecular flexibility index (Phi) is 4.23.